The number of hydrogen-bond donors (Lipinski definition) is 0. The Bertz CT molecular complexity index is 778. The van der Waals surface area contributed by atoms with Gasteiger partial charge in [0.2, 0.25) is 5.91 Å². The Kier molecular flexibility index (Phi) is 3.51. The topological polar surface area (TPSA) is 46.6 Å². The molecule has 0 N–H and O–H groups in total. The van der Waals surface area contributed by atoms with Crippen LogP contribution in [-0.4, -0.2) is 18.9 Å². The normalized spacial score (nSPS) is 15.5. The van der Waals surface area contributed by atoms with Crippen molar-refractivity contribution >= 4 is 28.8 Å². The summed E-state index contributed by atoms with van der Waals surface area (Å²) in [7, 11) is 1.53. The Balaban J connectivity index is 2.28. The summed E-state index contributed by atoms with van der Waals surface area (Å²) in [5.74, 6) is -0.188. The van der Waals surface area contributed by atoms with Gasteiger partial charge in [0, 0.05) is 18.1 Å². The Morgan fingerprint density at radius 3 is 2.27 bits per heavy atom. The Hall–Kier alpha value is -2.88. The molecule has 3 rings (SSSR count). The average molecular weight is 293 g/mol. The number of nitrogens with zero attached hydrogens (tertiary/aromatic N) is 1. The van der Waals surface area contributed by atoms with E-state index in [1.54, 1.807) is 12.1 Å². The van der Waals surface area contributed by atoms with E-state index < -0.39 is 0 Å². The van der Waals surface area contributed by atoms with Crippen molar-refractivity contribution in [3.8, 4) is 0 Å². The second-order valence-electron chi connectivity index (χ2n) is 4.95. The van der Waals surface area contributed by atoms with Crippen LogP contribution in [0.2, 0.25) is 0 Å². The molecule has 0 spiro atoms. The molecule has 0 fully saturated rings. The van der Waals surface area contributed by atoms with Gasteiger partial charge >= 0.3 is 0 Å². The third kappa shape index (κ3) is 2.09. The highest BCUT2D eigenvalue weighted by molar-refractivity contribution is 6.42. The summed E-state index contributed by atoms with van der Waals surface area (Å²) in [5.41, 5.74) is 2.52. The average Bonchev–Trinajstić information content (AvgIpc) is 2.82. The minimum atomic E-state index is -0.352. The van der Waals surface area contributed by atoms with Crippen LogP contribution >= 0.6 is 0 Å². The first-order valence-electron chi connectivity index (χ1n) is 6.93. The Labute approximate surface area is 128 Å². The quantitative estimate of drug-likeness (QED) is 0.631. The van der Waals surface area contributed by atoms with Gasteiger partial charge in [0.1, 0.15) is 5.76 Å². The predicted molar refractivity (Wildman–Crippen MR) is 84.9 cm³/mol. The van der Waals surface area contributed by atoms with Gasteiger partial charge in [-0.2, -0.15) is 0 Å². The van der Waals surface area contributed by atoms with E-state index in [1.807, 2.05) is 42.5 Å². The van der Waals surface area contributed by atoms with E-state index in [4.69, 9.17) is 4.74 Å². The number of anilines is 1. The lowest BCUT2D eigenvalue weighted by Crippen LogP contribution is -2.31. The summed E-state index contributed by atoms with van der Waals surface area (Å²) in [5, 5.41) is 0. The van der Waals surface area contributed by atoms with Gasteiger partial charge in [-0.05, 0) is 6.07 Å². The highest BCUT2D eigenvalue weighted by Crippen LogP contribution is 2.40. The number of amides is 2. The predicted octanol–water partition coefficient (Wildman–Crippen LogP) is 3.09. The summed E-state index contributed by atoms with van der Waals surface area (Å²) < 4.78 is 5.50. The van der Waals surface area contributed by atoms with Gasteiger partial charge in [-0.15, -0.1) is 0 Å². The molecule has 1 heterocycles. The first-order chi connectivity index (χ1) is 10.6. The second-order valence-corrected chi connectivity index (χ2v) is 4.95. The number of carbonyl (C=O) groups excluding carboxylic acids is 2. The van der Waals surface area contributed by atoms with Crippen molar-refractivity contribution in [1.82, 2.24) is 0 Å². The molecule has 2 aromatic carbocycles. The molecule has 0 saturated carbocycles. The van der Waals surface area contributed by atoms with Gasteiger partial charge in [0.25, 0.3) is 5.91 Å². The number of hydrogen-bond acceptors (Lipinski definition) is 3. The van der Waals surface area contributed by atoms with Gasteiger partial charge in [-0.25, -0.2) is 4.90 Å². The minimum Gasteiger partial charge on any atom is -0.495 e. The summed E-state index contributed by atoms with van der Waals surface area (Å²) >= 11 is 0. The van der Waals surface area contributed by atoms with E-state index >= 15 is 0 Å². The third-order valence-corrected chi connectivity index (χ3v) is 3.61. The van der Waals surface area contributed by atoms with Gasteiger partial charge in [-0.3, -0.25) is 9.59 Å². The lowest BCUT2D eigenvalue weighted by Gasteiger charge is -2.12. The number of methoxy groups -OCH3 is 1. The molecule has 22 heavy (non-hydrogen) atoms. The van der Waals surface area contributed by atoms with Crippen molar-refractivity contribution < 1.29 is 14.3 Å². The van der Waals surface area contributed by atoms with Crippen molar-refractivity contribution in [2.75, 3.05) is 12.0 Å². The van der Waals surface area contributed by atoms with Crippen LogP contribution in [0.5, 0.6) is 0 Å². The molecule has 0 aromatic heterocycles. The molecule has 4 heteroatoms. The number of carbonyl (C=O) groups is 2. The molecule has 1 aliphatic rings. The molecule has 0 unspecified atom stereocenters. The molecule has 0 atom stereocenters. The largest absolute Gasteiger partial charge is 0.495 e. The zero-order valence-corrected chi connectivity index (χ0v) is 12.4. The van der Waals surface area contributed by atoms with Crippen molar-refractivity contribution in [2.45, 2.75) is 6.92 Å². The van der Waals surface area contributed by atoms with Crippen LogP contribution in [0.25, 0.3) is 11.3 Å². The van der Waals surface area contributed by atoms with Crippen molar-refractivity contribution in [2.24, 2.45) is 0 Å². The van der Waals surface area contributed by atoms with E-state index in [2.05, 4.69) is 0 Å². The first-order valence-corrected chi connectivity index (χ1v) is 6.93. The Morgan fingerprint density at radius 1 is 1.00 bits per heavy atom. The monoisotopic (exact) mass is 293 g/mol. The van der Waals surface area contributed by atoms with Crippen LogP contribution < -0.4 is 4.90 Å². The third-order valence-electron chi connectivity index (χ3n) is 3.61. The van der Waals surface area contributed by atoms with Gasteiger partial charge in [-0.1, -0.05) is 48.5 Å². The molecule has 110 valence electrons. The number of fused-ring (bicyclic) bond motifs is 1. The van der Waals surface area contributed by atoms with Crippen molar-refractivity contribution in [3.05, 3.63) is 65.7 Å². The number of benzene rings is 2. The maximum atomic E-state index is 12.7. The van der Waals surface area contributed by atoms with Crippen LogP contribution in [0.3, 0.4) is 0 Å². The zero-order chi connectivity index (χ0) is 15.7. The molecule has 1 aliphatic heterocycles. The standard InChI is InChI=1S/C18H15NO3/c1-12(20)19-15-11-7-6-10-14(15)16(18(19)21)17(22-2)13-8-4-3-5-9-13/h3-11H,1-2H3/b17-16-. The molecule has 4 nitrogen and oxygen atoms in total. The molecule has 0 saturated heterocycles. The lowest BCUT2D eigenvalue weighted by molar-refractivity contribution is -0.122. The SMILES string of the molecule is CO/C(=C1\C(=O)N(C(C)=O)c2ccccc21)c1ccccc1. The van der Waals surface area contributed by atoms with E-state index in [-0.39, 0.29) is 11.8 Å². The summed E-state index contributed by atoms with van der Waals surface area (Å²) in [4.78, 5) is 25.8. The molecule has 0 bridgehead atoms. The molecular weight excluding hydrogens is 278 g/mol. The van der Waals surface area contributed by atoms with Gasteiger partial charge < -0.3 is 4.74 Å². The molecule has 2 aromatic rings. The van der Waals surface area contributed by atoms with Crippen LogP contribution in [0.4, 0.5) is 5.69 Å². The maximum absolute atomic E-state index is 12.7. The fourth-order valence-corrected chi connectivity index (χ4v) is 2.70. The highest BCUT2D eigenvalue weighted by atomic mass is 16.5. The molecule has 2 amide bonds. The Morgan fingerprint density at radius 2 is 1.64 bits per heavy atom. The van der Waals surface area contributed by atoms with Gasteiger partial charge in [0.15, 0.2) is 0 Å². The maximum Gasteiger partial charge on any atom is 0.269 e. The van der Waals surface area contributed by atoms with Gasteiger partial charge in [0.05, 0.1) is 18.4 Å². The van der Waals surface area contributed by atoms with Crippen LogP contribution in [0.15, 0.2) is 54.6 Å². The highest BCUT2D eigenvalue weighted by Gasteiger charge is 2.37. The number of ether oxygens (including phenoxy) is 1. The summed E-state index contributed by atoms with van der Waals surface area (Å²) in [6.45, 7) is 1.38. The molecule has 0 radical (unpaired) electrons. The van der Waals surface area contributed by atoms with Crippen LogP contribution in [0.1, 0.15) is 18.1 Å². The van der Waals surface area contributed by atoms with E-state index in [0.717, 1.165) is 5.56 Å². The lowest BCUT2D eigenvalue weighted by atomic mass is 10.0. The number of rotatable bonds is 2. The molecule has 0 aliphatic carbocycles. The summed E-state index contributed by atoms with van der Waals surface area (Å²) in [6.07, 6.45) is 0. The molecular formula is C18H15NO3. The van der Waals surface area contributed by atoms with E-state index in [9.17, 15) is 9.59 Å². The summed E-state index contributed by atoms with van der Waals surface area (Å²) in [6, 6.07) is 16.6. The zero-order valence-electron chi connectivity index (χ0n) is 12.4. The smallest absolute Gasteiger partial charge is 0.269 e. The second kappa shape index (κ2) is 5.48. The van der Waals surface area contributed by atoms with Crippen LogP contribution in [0, 0.1) is 0 Å². The van der Waals surface area contributed by atoms with Crippen molar-refractivity contribution in [1.29, 1.82) is 0 Å². The fraction of sp³-hybridized carbons (Fsp3) is 0.111. The van der Waals surface area contributed by atoms with E-state index in [0.29, 0.717) is 22.6 Å². The van der Waals surface area contributed by atoms with E-state index in [1.165, 1.54) is 18.9 Å². The van der Waals surface area contributed by atoms with Crippen LogP contribution in [-0.2, 0) is 14.3 Å². The fourth-order valence-electron chi connectivity index (χ4n) is 2.70. The number of para-hydroxylation sites is 1. The first kappa shape index (κ1) is 14.1. The van der Waals surface area contributed by atoms with Crippen molar-refractivity contribution in [3.63, 3.8) is 0 Å². The minimum absolute atomic E-state index is 0.309. The number of imide groups is 1.